The molecule has 2 heterocycles. The Labute approximate surface area is 175 Å². The van der Waals surface area contributed by atoms with E-state index in [0.717, 1.165) is 12.8 Å². The van der Waals surface area contributed by atoms with Gasteiger partial charge in [-0.3, -0.25) is 9.59 Å². The molecule has 2 aliphatic rings. The van der Waals surface area contributed by atoms with Crippen LogP contribution in [0, 0.1) is 5.82 Å². The van der Waals surface area contributed by atoms with Crippen LogP contribution < -0.4 is 14.4 Å². The standard InChI is InChI=1S/C23H25FN2O4/c1-3-4-14(2)29-22-8-5-16(13-25-22)30-21-9-10-26(23(21)28)15-11-18-17(19(24)12-15)6-7-20(18)27/h5,8,11-14,21H,3-4,6-7,9-10H2,1-2H3/t14?,21-/m1/s1. The quantitative estimate of drug-likeness (QED) is 0.685. The fourth-order valence-corrected chi connectivity index (χ4v) is 4.02. The van der Waals surface area contributed by atoms with E-state index in [4.69, 9.17) is 9.47 Å². The van der Waals surface area contributed by atoms with Crippen LogP contribution in [0.5, 0.6) is 11.6 Å². The van der Waals surface area contributed by atoms with Gasteiger partial charge in [0.15, 0.2) is 11.9 Å². The number of ether oxygens (including phenoxy) is 2. The number of pyridine rings is 1. The van der Waals surface area contributed by atoms with Gasteiger partial charge >= 0.3 is 0 Å². The number of anilines is 1. The highest BCUT2D eigenvalue weighted by molar-refractivity contribution is 6.04. The second-order valence-corrected chi connectivity index (χ2v) is 7.81. The lowest BCUT2D eigenvalue weighted by Gasteiger charge is -2.18. The highest BCUT2D eigenvalue weighted by atomic mass is 19.1. The zero-order chi connectivity index (χ0) is 21.3. The topological polar surface area (TPSA) is 68.7 Å². The molecule has 6 nitrogen and oxygen atoms in total. The molecule has 2 atom stereocenters. The van der Waals surface area contributed by atoms with Crippen LogP contribution >= 0.6 is 0 Å². The van der Waals surface area contributed by atoms with E-state index in [-0.39, 0.29) is 17.8 Å². The van der Waals surface area contributed by atoms with Crippen molar-refractivity contribution in [1.82, 2.24) is 4.98 Å². The van der Waals surface area contributed by atoms with Gasteiger partial charge in [0.2, 0.25) is 5.88 Å². The van der Waals surface area contributed by atoms with Crippen LogP contribution in [-0.2, 0) is 11.2 Å². The minimum atomic E-state index is -0.676. The second kappa shape index (κ2) is 8.42. The van der Waals surface area contributed by atoms with Crippen molar-refractivity contribution in [2.24, 2.45) is 0 Å². The predicted octanol–water partition coefficient (Wildman–Crippen LogP) is 4.10. The van der Waals surface area contributed by atoms with Crippen molar-refractivity contribution in [2.45, 2.75) is 58.2 Å². The van der Waals surface area contributed by atoms with Crippen molar-refractivity contribution < 1.29 is 23.5 Å². The Morgan fingerprint density at radius 2 is 2.10 bits per heavy atom. The smallest absolute Gasteiger partial charge is 0.268 e. The molecule has 1 fully saturated rings. The van der Waals surface area contributed by atoms with Gasteiger partial charge in [0.25, 0.3) is 5.91 Å². The number of fused-ring (bicyclic) bond motifs is 1. The van der Waals surface area contributed by atoms with E-state index in [1.807, 2.05) is 6.92 Å². The average Bonchev–Trinajstić information content (AvgIpc) is 3.27. The second-order valence-electron chi connectivity index (χ2n) is 7.81. The summed E-state index contributed by atoms with van der Waals surface area (Å²) in [5.74, 6) is 0.230. The number of hydrogen-bond acceptors (Lipinski definition) is 5. The first-order valence-electron chi connectivity index (χ1n) is 10.4. The minimum absolute atomic E-state index is 0.0770. The lowest BCUT2D eigenvalue weighted by atomic mass is 10.1. The first-order valence-corrected chi connectivity index (χ1v) is 10.4. The normalized spacial score (nSPS) is 19.2. The van der Waals surface area contributed by atoms with Crippen LogP contribution in [0.1, 0.15) is 55.5 Å². The van der Waals surface area contributed by atoms with Gasteiger partial charge in [0, 0.05) is 36.7 Å². The van der Waals surface area contributed by atoms with Gasteiger partial charge in [0.05, 0.1) is 12.3 Å². The maximum atomic E-state index is 14.4. The number of benzene rings is 1. The molecule has 1 aliphatic carbocycles. The van der Waals surface area contributed by atoms with Gasteiger partial charge in [0.1, 0.15) is 11.6 Å². The van der Waals surface area contributed by atoms with E-state index in [0.29, 0.717) is 54.3 Å². The van der Waals surface area contributed by atoms with E-state index in [1.54, 1.807) is 18.2 Å². The zero-order valence-corrected chi connectivity index (χ0v) is 17.2. The Hall–Kier alpha value is -2.96. The Kier molecular flexibility index (Phi) is 5.70. The van der Waals surface area contributed by atoms with Crippen molar-refractivity contribution in [2.75, 3.05) is 11.4 Å². The summed E-state index contributed by atoms with van der Waals surface area (Å²) < 4.78 is 25.9. The van der Waals surface area contributed by atoms with E-state index in [2.05, 4.69) is 11.9 Å². The number of hydrogen-bond donors (Lipinski definition) is 0. The van der Waals surface area contributed by atoms with Crippen molar-refractivity contribution in [3.05, 3.63) is 47.4 Å². The summed E-state index contributed by atoms with van der Waals surface area (Å²) in [7, 11) is 0. The summed E-state index contributed by atoms with van der Waals surface area (Å²) in [5.41, 5.74) is 1.24. The van der Waals surface area contributed by atoms with Gasteiger partial charge in [-0.1, -0.05) is 13.3 Å². The van der Waals surface area contributed by atoms with E-state index in [9.17, 15) is 14.0 Å². The molecule has 7 heteroatoms. The van der Waals surface area contributed by atoms with Crippen LogP contribution in [0.25, 0.3) is 0 Å². The number of nitrogens with zero attached hydrogens (tertiary/aromatic N) is 2. The summed E-state index contributed by atoms with van der Waals surface area (Å²) in [6, 6.07) is 6.41. The molecule has 30 heavy (non-hydrogen) atoms. The average molecular weight is 412 g/mol. The molecule has 0 spiro atoms. The molecule has 0 saturated carbocycles. The molecule has 1 amide bonds. The fourth-order valence-electron chi connectivity index (χ4n) is 4.02. The predicted molar refractivity (Wildman–Crippen MR) is 110 cm³/mol. The van der Waals surface area contributed by atoms with E-state index >= 15 is 0 Å². The molecule has 1 aromatic carbocycles. The maximum absolute atomic E-state index is 14.4. The first-order chi connectivity index (χ1) is 14.5. The third kappa shape index (κ3) is 4.01. The summed E-state index contributed by atoms with van der Waals surface area (Å²) in [5, 5.41) is 0. The molecule has 0 radical (unpaired) electrons. The van der Waals surface area contributed by atoms with Gasteiger partial charge in [-0.2, -0.15) is 0 Å². The summed E-state index contributed by atoms with van der Waals surface area (Å²) in [6.45, 7) is 4.50. The summed E-state index contributed by atoms with van der Waals surface area (Å²) in [6.07, 6.45) is 4.13. The highest BCUT2D eigenvalue weighted by Crippen LogP contribution is 2.32. The van der Waals surface area contributed by atoms with Crippen LogP contribution in [-0.4, -0.2) is 35.4 Å². The van der Waals surface area contributed by atoms with Crippen LogP contribution in [0.3, 0.4) is 0 Å². The van der Waals surface area contributed by atoms with Crippen LogP contribution in [0.15, 0.2) is 30.5 Å². The number of aromatic nitrogens is 1. The van der Waals surface area contributed by atoms with Crippen LogP contribution in [0.2, 0.25) is 0 Å². The van der Waals surface area contributed by atoms with Crippen molar-refractivity contribution >= 4 is 17.4 Å². The number of Topliss-reactive ketones (excluding diaryl/α,β-unsaturated/α-hetero) is 1. The lowest BCUT2D eigenvalue weighted by molar-refractivity contribution is -0.122. The molecule has 0 N–H and O–H groups in total. The number of amides is 1. The maximum Gasteiger partial charge on any atom is 0.268 e. The molecular weight excluding hydrogens is 387 g/mol. The lowest BCUT2D eigenvalue weighted by Crippen LogP contribution is -2.32. The monoisotopic (exact) mass is 412 g/mol. The molecular formula is C23H25FN2O4. The van der Waals surface area contributed by atoms with Gasteiger partial charge < -0.3 is 14.4 Å². The number of carbonyl (C=O) groups excluding carboxylic acids is 2. The largest absolute Gasteiger partial charge is 0.479 e. The summed E-state index contributed by atoms with van der Waals surface area (Å²) in [4.78, 5) is 30.6. The fraction of sp³-hybridized carbons (Fsp3) is 0.435. The molecule has 1 aromatic heterocycles. The first kappa shape index (κ1) is 20.3. The Morgan fingerprint density at radius 3 is 2.83 bits per heavy atom. The third-order valence-electron chi connectivity index (χ3n) is 5.56. The van der Waals surface area contributed by atoms with E-state index < -0.39 is 11.9 Å². The highest BCUT2D eigenvalue weighted by Gasteiger charge is 2.36. The zero-order valence-electron chi connectivity index (χ0n) is 17.2. The molecule has 1 aliphatic heterocycles. The Balaban J connectivity index is 1.42. The number of rotatable bonds is 7. The molecule has 0 bridgehead atoms. The minimum Gasteiger partial charge on any atom is -0.479 e. The molecule has 2 aromatic rings. The Morgan fingerprint density at radius 1 is 1.27 bits per heavy atom. The molecule has 1 unspecified atom stereocenters. The molecule has 158 valence electrons. The number of ketones is 1. The Bertz CT molecular complexity index is 960. The van der Waals surface area contributed by atoms with Gasteiger partial charge in [-0.15, -0.1) is 0 Å². The van der Waals surface area contributed by atoms with E-state index in [1.165, 1.54) is 17.2 Å². The summed E-state index contributed by atoms with van der Waals surface area (Å²) >= 11 is 0. The van der Waals surface area contributed by atoms with Gasteiger partial charge in [-0.25, -0.2) is 9.37 Å². The number of carbonyl (C=O) groups is 2. The van der Waals surface area contributed by atoms with Gasteiger partial charge in [-0.05, 0) is 43.5 Å². The van der Waals surface area contributed by atoms with Crippen molar-refractivity contribution in [3.8, 4) is 11.6 Å². The van der Waals surface area contributed by atoms with Crippen molar-refractivity contribution in [1.29, 1.82) is 0 Å². The molecule has 4 rings (SSSR count). The third-order valence-corrected chi connectivity index (χ3v) is 5.56. The molecule has 1 saturated heterocycles. The SMILES string of the molecule is CCCC(C)Oc1ccc(O[C@@H]2CCN(c3cc(F)c4c(c3)C(=O)CC4)C2=O)cn1. The van der Waals surface area contributed by atoms with Crippen LogP contribution in [0.4, 0.5) is 10.1 Å². The number of halogens is 1. The van der Waals surface area contributed by atoms with Crippen molar-refractivity contribution in [3.63, 3.8) is 0 Å².